The predicted octanol–water partition coefficient (Wildman–Crippen LogP) is 2.88. The lowest BCUT2D eigenvalue weighted by atomic mass is 9.78. The highest BCUT2D eigenvalue weighted by molar-refractivity contribution is 5.85. The second kappa shape index (κ2) is 8.18. The summed E-state index contributed by atoms with van der Waals surface area (Å²) in [4.78, 5) is 13.2. The van der Waals surface area contributed by atoms with Gasteiger partial charge in [-0.25, -0.2) is 0 Å². The van der Waals surface area contributed by atoms with Gasteiger partial charge >= 0.3 is 5.97 Å². The highest BCUT2D eigenvalue weighted by atomic mass is 35.5. The Labute approximate surface area is 122 Å². The molecule has 0 N–H and O–H groups in total. The number of ether oxygens (including phenoxy) is 1. The number of likely N-dealkylation sites (N-methyl/N-ethyl adjacent to an activating group) is 1. The first-order valence-corrected chi connectivity index (χ1v) is 6.34. The van der Waals surface area contributed by atoms with E-state index in [1.807, 2.05) is 32.3 Å². The van der Waals surface area contributed by atoms with Crippen LogP contribution in [-0.2, 0) is 14.9 Å². The molecule has 19 heavy (non-hydrogen) atoms. The lowest BCUT2D eigenvalue weighted by molar-refractivity contribution is -0.143. The van der Waals surface area contributed by atoms with Crippen LogP contribution in [0.5, 0.6) is 0 Å². The molecular weight excluding hydrogens is 262 g/mol. The van der Waals surface area contributed by atoms with E-state index in [0.717, 1.165) is 13.0 Å². The van der Waals surface area contributed by atoms with Crippen molar-refractivity contribution in [2.24, 2.45) is 0 Å². The molecule has 1 aromatic rings. The van der Waals surface area contributed by atoms with Crippen LogP contribution >= 0.6 is 12.4 Å². The van der Waals surface area contributed by atoms with Crippen LogP contribution in [0.2, 0.25) is 0 Å². The van der Waals surface area contributed by atoms with Gasteiger partial charge in [0.25, 0.3) is 0 Å². The third kappa shape index (κ3) is 5.21. The number of rotatable bonds is 6. The third-order valence-electron chi connectivity index (χ3n) is 3.23. The molecular formula is C15H24ClNO2. The molecule has 0 aromatic heterocycles. The highest BCUT2D eigenvalue weighted by Crippen LogP contribution is 2.29. The Morgan fingerprint density at radius 3 is 2.26 bits per heavy atom. The van der Waals surface area contributed by atoms with Gasteiger partial charge in [0.05, 0.1) is 0 Å². The Morgan fingerprint density at radius 2 is 1.84 bits per heavy atom. The van der Waals surface area contributed by atoms with Crippen LogP contribution in [0.4, 0.5) is 0 Å². The number of hydrogen-bond acceptors (Lipinski definition) is 3. The van der Waals surface area contributed by atoms with Crippen LogP contribution in [0.25, 0.3) is 0 Å². The first-order chi connectivity index (χ1) is 8.50. The lowest BCUT2D eigenvalue weighted by Crippen LogP contribution is -2.41. The summed E-state index contributed by atoms with van der Waals surface area (Å²) in [6.07, 6.45) is 0.933. The molecule has 1 unspecified atom stereocenters. The molecule has 0 saturated carbocycles. The van der Waals surface area contributed by atoms with Gasteiger partial charge in [0.15, 0.2) is 0 Å². The normalized spacial score (nSPS) is 13.5. The topological polar surface area (TPSA) is 29.5 Å². The SMILES string of the molecule is CCC(COC(C)=O)(CN(C)C)c1ccccc1.Cl. The monoisotopic (exact) mass is 285 g/mol. The predicted molar refractivity (Wildman–Crippen MR) is 80.8 cm³/mol. The van der Waals surface area contributed by atoms with E-state index in [0.29, 0.717) is 6.61 Å². The van der Waals surface area contributed by atoms with Crippen LogP contribution in [0.1, 0.15) is 25.8 Å². The Hall–Kier alpha value is -1.06. The number of carbonyl (C=O) groups excluding carboxylic acids is 1. The summed E-state index contributed by atoms with van der Waals surface area (Å²) in [5.74, 6) is -0.220. The zero-order valence-electron chi connectivity index (χ0n) is 12.2. The molecule has 1 aromatic carbocycles. The molecule has 108 valence electrons. The summed E-state index contributed by atoms with van der Waals surface area (Å²) in [5.41, 5.74) is 1.10. The minimum Gasteiger partial charge on any atom is -0.465 e. The number of nitrogens with zero attached hydrogens (tertiary/aromatic N) is 1. The molecule has 1 rings (SSSR count). The van der Waals surface area contributed by atoms with Crippen LogP contribution in [0.15, 0.2) is 30.3 Å². The van der Waals surface area contributed by atoms with Crippen LogP contribution in [-0.4, -0.2) is 38.1 Å². The first-order valence-electron chi connectivity index (χ1n) is 6.34. The maximum atomic E-state index is 11.1. The summed E-state index contributed by atoms with van der Waals surface area (Å²) >= 11 is 0. The zero-order chi connectivity index (χ0) is 13.6. The van der Waals surface area contributed by atoms with Gasteiger partial charge in [-0.2, -0.15) is 0 Å². The lowest BCUT2D eigenvalue weighted by Gasteiger charge is -2.35. The Bertz CT molecular complexity index is 381. The highest BCUT2D eigenvalue weighted by Gasteiger charge is 2.32. The first kappa shape index (κ1) is 17.9. The van der Waals surface area contributed by atoms with Crippen molar-refractivity contribution >= 4 is 18.4 Å². The maximum Gasteiger partial charge on any atom is 0.302 e. The van der Waals surface area contributed by atoms with Crippen molar-refractivity contribution in [1.82, 2.24) is 4.90 Å². The molecule has 1 atom stereocenters. The van der Waals surface area contributed by atoms with Gasteiger partial charge in [0.1, 0.15) is 6.61 Å². The van der Waals surface area contributed by atoms with E-state index in [4.69, 9.17) is 4.74 Å². The smallest absolute Gasteiger partial charge is 0.302 e. The van der Waals surface area contributed by atoms with E-state index >= 15 is 0 Å². The van der Waals surface area contributed by atoms with E-state index in [1.165, 1.54) is 12.5 Å². The van der Waals surface area contributed by atoms with E-state index in [9.17, 15) is 4.79 Å². The number of esters is 1. The fourth-order valence-electron chi connectivity index (χ4n) is 2.28. The minimum absolute atomic E-state index is 0. The van der Waals surface area contributed by atoms with Crippen molar-refractivity contribution in [2.45, 2.75) is 25.7 Å². The van der Waals surface area contributed by atoms with Crippen LogP contribution in [0, 0.1) is 0 Å². The van der Waals surface area contributed by atoms with Gasteiger partial charge in [0, 0.05) is 18.9 Å². The molecule has 0 spiro atoms. The molecule has 0 aliphatic carbocycles. The second-order valence-electron chi connectivity index (χ2n) is 5.02. The summed E-state index contributed by atoms with van der Waals surface area (Å²) in [6.45, 7) is 4.89. The van der Waals surface area contributed by atoms with Crippen molar-refractivity contribution in [1.29, 1.82) is 0 Å². The van der Waals surface area contributed by atoms with E-state index in [-0.39, 0.29) is 23.8 Å². The van der Waals surface area contributed by atoms with Crippen molar-refractivity contribution in [2.75, 3.05) is 27.2 Å². The van der Waals surface area contributed by atoms with Gasteiger partial charge in [-0.1, -0.05) is 37.3 Å². The molecule has 0 bridgehead atoms. The quantitative estimate of drug-likeness (QED) is 0.753. The largest absolute Gasteiger partial charge is 0.465 e. The van der Waals surface area contributed by atoms with Crippen molar-refractivity contribution in [3.05, 3.63) is 35.9 Å². The van der Waals surface area contributed by atoms with E-state index in [2.05, 4.69) is 24.0 Å². The molecule has 0 radical (unpaired) electrons. The molecule has 4 heteroatoms. The second-order valence-corrected chi connectivity index (χ2v) is 5.02. The zero-order valence-corrected chi connectivity index (χ0v) is 13.0. The number of carbonyl (C=O) groups is 1. The van der Waals surface area contributed by atoms with Gasteiger partial charge < -0.3 is 9.64 Å². The Kier molecular flexibility index (Phi) is 7.72. The third-order valence-corrected chi connectivity index (χ3v) is 3.23. The summed E-state index contributed by atoms with van der Waals surface area (Å²) < 4.78 is 5.29. The van der Waals surface area contributed by atoms with Crippen LogP contribution in [0.3, 0.4) is 0 Å². The van der Waals surface area contributed by atoms with Crippen molar-refractivity contribution in [3.63, 3.8) is 0 Å². The van der Waals surface area contributed by atoms with Crippen LogP contribution < -0.4 is 0 Å². The molecule has 0 amide bonds. The van der Waals surface area contributed by atoms with E-state index in [1.54, 1.807) is 0 Å². The van der Waals surface area contributed by atoms with E-state index < -0.39 is 0 Å². The standard InChI is InChI=1S/C15H23NO2.ClH/c1-5-15(11-16(3)4,12-18-13(2)17)14-9-7-6-8-10-14;/h6-10H,5,11-12H2,1-4H3;1H. The van der Waals surface area contributed by atoms with Gasteiger partial charge in [-0.05, 0) is 26.1 Å². The number of hydrogen-bond donors (Lipinski definition) is 0. The average molecular weight is 286 g/mol. The molecule has 0 aliphatic rings. The molecule has 0 aliphatic heterocycles. The molecule has 3 nitrogen and oxygen atoms in total. The summed E-state index contributed by atoms with van der Waals surface area (Å²) in [5, 5.41) is 0. The van der Waals surface area contributed by atoms with Crippen molar-refractivity contribution in [3.8, 4) is 0 Å². The molecule has 0 saturated heterocycles. The number of benzene rings is 1. The van der Waals surface area contributed by atoms with Gasteiger partial charge in [0.2, 0.25) is 0 Å². The minimum atomic E-state index is -0.220. The van der Waals surface area contributed by atoms with Gasteiger partial charge in [-0.15, -0.1) is 12.4 Å². The fraction of sp³-hybridized carbons (Fsp3) is 0.533. The fourth-order valence-corrected chi connectivity index (χ4v) is 2.28. The van der Waals surface area contributed by atoms with Gasteiger partial charge in [-0.3, -0.25) is 4.79 Å². The Balaban J connectivity index is 0.00000324. The Morgan fingerprint density at radius 1 is 1.26 bits per heavy atom. The summed E-state index contributed by atoms with van der Waals surface area (Å²) in [7, 11) is 4.09. The summed E-state index contributed by atoms with van der Waals surface area (Å²) in [6, 6.07) is 10.3. The molecule has 0 heterocycles. The maximum absolute atomic E-state index is 11.1. The average Bonchev–Trinajstić information content (AvgIpc) is 2.35. The molecule has 0 fully saturated rings. The van der Waals surface area contributed by atoms with Crippen molar-refractivity contribution < 1.29 is 9.53 Å². The number of halogens is 1.